The Morgan fingerprint density at radius 1 is 1.21 bits per heavy atom. The van der Waals surface area contributed by atoms with Crippen LogP contribution in [0.2, 0.25) is 0 Å². The molecule has 0 aliphatic carbocycles. The van der Waals surface area contributed by atoms with Crippen molar-refractivity contribution in [3.63, 3.8) is 0 Å². The van der Waals surface area contributed by atoms with Gasteiger partial charge in [-0.25, -0.2) is 4.39 Å². The van der Waals surface area contributed by atoms with Crippen molar-refractivity contribution in [2.24, 2.45) is 0 Å². The molecule has 0 unspecified atom stereocenters. The number of ether oxygens (including phenoxy) is 1. The van der Waals surface area contributed by atoms with Crippen molar-refractivity contribution in [3.05, 3.63) is 57.8 Å². The molecule has 0 amide bonds. The third-order valence-electron chi connectivity index (χ3n) is 3.17. The van der Waals surface area contributed by atoms with Gasteiger partial charge in [0, 0.05) is 18.7 Å². The molecule has 0 fully saturated rings. The molecule has 4 heteroatoms. The minimum absolute atomic E-state index is 0.235. The van der Waals surface area contributed by atoms with Gasteiger partial charge in [-0.3, -0.25) is 0 Å². The molecule has 0 bridgehead atoms. The normalized spacial score (nSPS) is 12.9. The van der Waals surface area contributed by atoms with Crippen LogP contribution in [-0.2, 0) is 13.0 Å². The molecule has 0 spiro atoms. The van der Waals surface area contributed by atoms with Gasteiger partial charge in [0.1, 0.15) is 11.6 Å². The van der Waals surface area contributed by atoms with Crippen molar-refractivity contribution < 1.29 is 9.13 Å². The quantitative estimate of drug-likeness (QED) is 0.917. The number of hydrogen-bond donors (Lipinski definition) is 1. The van der Waals surface area contributed by atoms with Crippen LogP contribution in [0.4, 0.5) is 10.1 Å². The van der Waals surface area contributed by atoms with Gasteiger partial charge in [0.15, 0.2) is 0 Å². The lowest BCUT2D eigenvalue weighted by Crippen LogP contribution is -2.00. The monoisotopic (exact) mass is 321 g/mol. The molecule has 19 heavy (non-hydrogen) atoms. The van der Waals surface area contributed by atoms with E-state index in [9.17, 15) is 4.39 Å². The van der Waals surface area contributed by atoms with Crippen molar-refractivity contribution in [2.75, 3.05) is 11.9 Å². The average molecular weight is 322 g/mol. The summed E-state index contributed by atoms with van der Waals surface area (Å²) in [5.41, 5.74) is 3.18. The highest BCUT2D eigenvalue weighted by molar-refractivity contribution is 9.10. The maximum atomic E-state index is 13.4. The molecule has 0 aromatic heterocycles. The standard InChI is InChI=1S/C15H13BrFNO/c16-13-3-1-10(7-14(13)17)9-18-12-2-4-15-11(8-12)5-6-19-15/h1-4,7-8,18H,5-6,9H2. The maximum Gasteiger partial charge on any atom is 0.137 e. The summed E-state index contributed by atoms with van der Waals surface area (Å²) in [6.45, 7) is 1.36. The van der Waals surface area contributed by atoms with Crippen LogP contribution in [0, 0.1) is 5.82 Å². The zero-order valence-corrected chi connectivity index (χ0v) is 11.8. The largest absolute Gasteiger partial charge is 0.493 e. The summed E-state index contributed by atoms with van der Waals surface area (Å²) in [4.78, 5) is 0. The van der Waals surface area contributed by atoms with Gasteiger partial charge in [-0.2, -0.15) is 0 Å². The van der Waals surface area contributed by atoms with E-state index in [-0.39, 0.29) is 5.82 Å². The highest BCUT2D eigenvalue weighted by atomic mass is 79.9. The summed E-state index contributed by atoms with van der Waals surface area (Å²) in [5.74, 6) is 0.738. The van der Waals surface area contributed by atoms with E-state index in [1.807, 2.05) is 18.2 Å². The Hall–Kier alpha value is -1.55. The van der Waals surface area contributed by atoms with Gasteiger partial charge in [-0.05, 0) is 57.4 Å². The fourth-order valence-electron chi connectivity index (χ4n) is 2.15. The van der Waals surface area contributed by atoms with E-state index in [1.54, 1.807) is 6.07 Å². The Balaban J connectivity index is 1.70. The molecule has 98 valence electrons. The molecule has 2 aromatic carbocycles. The molecular formula is C15H13BrFNO. The lowest BCUT2D eigenvalue weighted by atomic mass is 10.1. The first kappa shape index (κ1) is 12.5. The van der Waals surface area contributed by atoms with Crippen molar-refractivity contribution in [2.45, 2.75) is 13.0 Å². The van der Waals surface area contributed by atoms with Crippen molar-refractivity contribution in [1.82, 2.24) is 0 Å². The third kappa shape index (κ3) is 2.73. The molecule has 0 atom stereocenters. The minimum atomic E-state index is -0.235. The van der Waals surface area contributed by atoms with Crippen molar-refractivity contribution >= 4 is 21.6 Å². The number of halogens is 2. The van der Waals surface area contributed by atoms with Crippen LogP contribution in [0.5, 0.6) is 5.75 Å². The second-order valence-electron chi connectivity index (χ2n) is 4.52. The Kier molecular flexibility index (Phi) is 3.42. The van der Waals surface area contributed by atoms with Gasteiger partial charge in [0.2, 0.25) is 0 Å². The Morgan fingerprint density at radius 2 is 2.11 bits per heavy atom. The average Bonchev–Trinajstić information content (AvgIpc) is 2.87. The van der Waals surface area contributed by atoms with Crippen LogP contribution in [0.25, 0.3) is 0 Å². The van der Waals surface area contributed by atoms with E-state index >= 15 is 0 Å². The Labute approximate surface area is 119 Å². The molecule has 0 saturated carbocycles. The summed E-state index contributed by atoms with van der Waals surface area (Å²) in [6.07, 6.45) is 0.956. The van der Waals surface area contributed by atoms with Gasteiger partial charge < -0.3 is 10.1 Å². The van der Waals surface area contributed by atoms with Crippen LogP contribution < -0.4 is 10.1 Å². The first-order chi connectivity index (χ1) is 9.22. The van der Waals surface area contributed by atoms with E-state index in [0.29, 0.717) is 11.0 Å². The Morgan fingerprint density at radius 3 is 2.95 bits per heavy atom. The number of fused-ring (bicyclic) bond motifs is 1. The molecule has 1 N–H and O–H groups in total. The fraction of sp³-hybridized carbons (Fsp3) is 0.200. The second kappa shape index (κ2) is 5.21. The lowest BCUT2D eigenvalue weighted by Gasteiger charge is -2.08. The van der Waals surface area contributed by atoms with Gasteiger partial charge in [0.25, 0.3) is 0 Å². The first-order valence-electron chi connectivity index (χ1n) is 6.16. The molecule has 2 nitrogen and oxygen atoms in total. The van der Waals surface area contributed by atoms with E-state index in [4.69, 9.17) is 4.74 Å². The molecule has 1 heterocycles. The number of benzene rings is 2. The highest BCUT2D eigenvalue weighted by Gasteiger charge is 2.11. The minimum Gasteiger partial charge on any atom is -0.493 e. The predicted octanol–water partition coefficient (Wildman–Crippen LogP) is 4.14. The highest BCUT2D eigenvalue weighted by Crippen LogP contribution is 2.28. The SMILES string of the molecule is Fc1cc(CNc2ccc3c(c2)CCO3)ccc1Br. The van der Waals surface area contributed by atoms with Crippen LogP contribution >= 0.6 is 15.9 Å². The summed E-state index contributed by atoms with van der Waals surface area (Å²) in [7, 11) is 0. The molecule has 2 aromatic rings. The van der Waals surface area contributed by atoms with Crippen molar-refractivity contribution in [3.8, 4) is 5.75 Å². The van der Waals surface area contributed by atoms with Crippen LogP contribution in [0.1, 0.15) is 11.1 Å². The second-order valence-corrected chi connectivity index (χ2v) is 5.38. The van der Waals surface area contributed by atoms with Gasteiger partial charge in [-0.15, -0.1) is 0 Å². The molecular weight excluding hydrogens is 309 g/mol. The molecule has 1 aliphatic rings. The number of rotatable bonds is 3. The maximum absolute atomic E-state index is 13.4. The summed E-state index contributed by atoms with van der Waals surface area (Å²) in [5, 5.41) is 3.30. The summed E-state index contributed by atoms with van der Waals surface area (Å²) < 4.78 is 19.3. The topological polar surface area (TPSA) is 21.3 Å². The molecule has 0 saturated heterocycles. The van der Waals surface area contributed by atoms with E-state index in [0.717, 1.165) is 30.0 Å². The third-order valence-corrected chi connectivity index (χ3v) is 3.81. The van der Waals surface area contributed by atoms with Gasteiger partial charge in [0.05, 0.1) is 11.1 Å². The van der Waals surface area contributed by atoms with Gasteiger partial charge in [-0.1, -0.05) is 6.07 Å². The lowest BCUT2D eigenvalue weighted by molar-refractivity contribution is 0.357. The molecule has 3 rings (SSSR count). The van der Waals surface area contributed by atoms with E-state index in [2.05, 4.69) is 27.3 Å². The fourth-order valence-corrected chi connectivity index (χ4v) is 2.40. The van der Waals surface area contributed by atoms with Crippen molar-refractivity contribution in [1.29, 1.82) is 0 Å². The first-order valence-corrected chi connectivity index (χ1v) is 6.95. The Bertz CT molecular complexity index is 615. The van der Waals surface area contributed by atoms with Crippen LogP contribution in [0.15, 0.2) is 40.9 Å². The molecule has 1 aliphatic heterocycles. The smallest absolute Gasteiger partial charge is 0.137 e. The predicted molar refractivity (Wildman–Crippen MR) is 77.1 cm³/mol. The van der Waals surface area contributed by atoms with Crippen LogP contribution in [0.3, 0.4) is 0 Å². The number of anilines is 1. The summed E-state index contributed by atoms with van der Waals surface area (Å²) in [6, 6.07) is 11.2. The zero-order chi connectivity index (χ0) is 13.2. The van der Waals surface area contributed by atoms with E-state index in [1.165, 1.54) is 11.6 Å². The van der Waals surface area contributed by atoms with Crippen LogP contribution in [-0.4, -0.2) is 6.61 Å². The van der Waals surface area contributed by atoms with E-state index < -0.39 is 0 Å². The number of hydrogen-bond acceptors (Lipinski definition) is 2. The zero-order valence-electron chi connectivity index (χ0n) is 10.2. The summed E-state index contributed by atoms with van der Waals surface area (Å²) >= 11 is 3.15. The van der Waals surface area contributed by atoms with Gasteiger partial charge >= 0.3 is 0 Å². The number of nitrogens with one attached hydrogen (secondary N) is 1. The molecule has 0 radical (unpaired) electrons.